The van der Waals surface area contributed by atoms with Crippen molar-refractivity contribution in [1.82, 2.24) is 4.98 Å². The molecule has 0 bridgehead atoms. The van der Waals surface area contributed by atoms with Crippen LogP contribution in [0, 0.1) is 0 Å². The SMILES string of the molecule is N/C(=C/c1ccc2ccccc2n1)c1ccc(Cl)cc1. The van der Waals surface area contributed by atoms with Crippen molar-refractivity contribution in [3.63, 3.8) is 0 Å². The van der Waals surface area contributed by atoms with Gasteiger partial charge in [0.2, 0.25) is 0 Å². The second-order valence-electron chi connectivity index (χ2n) is 4.54. The Kier molecular flexibility index (Phi) is 3.40. The molecule has 0 aliphatic heterocycles. The molecule has 0 radical (unpaired) electrons. The third kappa shape index (κ3) is 2.65. The third-order valence-electron chi connectivity index (χ3n) is 3.10. The Hall–Kier alpha value is -2.32. The summed E-state index contributed by atoms with van der Waals surface area (Å²) >= 11 is 5.87. The Bertz CT molecular complexity index is 776. The lowest BCUT2D eigenvalue weighted by molar-refractivity contribution is 1.37. The van der Waals surface area contributed by atoms with E-state index < -0.39 is 0 Å². The van der Waals surface area contributed by atoms with E-state index in [1.807, 2.05) is 66.7 Å². The average molecular weight is 281 g/mol. The highest BCUT2D eigenvalue weighted by Crippen LogP contribution is 2.18. The van der Waals surface area contributed by atoms with Crippen LogP contribution in [0.15, 0.2) is 60.7 Å². The molecule has 1 heterocycles. The van der Waals surface area contributed by atoms with Gasteiger partial charge in [0.15, 0.2) is 0 Å². The molecule has 2 nitrogen and oxygen atoms in total. The average Bonchev–Trinajstić information content (AvgIpc) is 2.48. The predicted octanol–water partition coefficient (Wildman–Crippen LogP) is 4.35. The lowest BCUT2D eigenvalue weighted by Crippen LogP contribution is -1.96. The van der Waals surface area contributed by atoms with E-state index in [1.165, 1.54) is 0 Å². The highest BCUT2D eigenvalue weighted by atomic mass is 35.5. The number of para-hydroxylation sites is 1. The Morgan fingerprint density at radius 2 is 1.70 bits per heavy atom. The quantitative estimate of drug-likeness (QED) is 0.758. The minimum Gasteiger partial charge on any atom is -0.398 e. The summed E-state index contributed by atoms with van der Waals surface area (Å²) in [7, 11) is 0. The zero-order valence-electron chi connectivity index (χ0n) is 10.8. The number of benzene rings is 2. The van der Waals surface area contributed by atoms with Gasteiger partial charge in [-0.3, -0.25) is 0 Å². The van der Waals surface area contributed by atoms with E-state index in [0.717, 1.165) is 22.2 Å². The topological polar surface area (TPSA) is 38.9 Å². The van der Waals surface area contributed by atoms with E-state index >= 15 is 0 Å². The molecule has 2 N–H and O–H groups in total. The highest BCUT2D eigenvalue weighted by Gasteiger charge is 1.99. The predicted molar refractivity (Wildman–Crippen MR) is 85.3 cm³/mol. The second kappa shape index (κ2) is 5.35. The first-order valence-electron chi connectivity index (χ1n) is 6.31. The summed E-state index contributed by atoms with van der Waals surface area (Å²) in [6.07, 6.45) is 1.87. The summed E-state index contributed by atoms with van der Waals surface area (Å²) in [5.41, 5.74) is 9.51. The highest BCUT2D eigenvalue weighted by molar-refractivity contribution is 6.30. The molecule has 1 aromatic heterocycles. The van der Waals surface area contributed by atoms with Crippen LogP contribution in [-0.4, -0.2) is 4.98 Å². The molecule has 0 spiro atoms. The van der Waals surface area contributed by atoms with E-state index in [2.05, 4.69) is 4.98 Å². The van der Waals surface area contributed by atoms with Crippen molar-refractivity contribution >= 4 is 34.3 Å². The van der Waals surface area contributed by atoms with Gasteiger partial charge in [-0.05, 0) is 35.9 Å². The second-order valence-corrected chi connectivity index (χ2v) is 4.97. The van der Waals surface area contributed by atoms with Crippen molar-refractivity contribution in [2.45, 2.75) is 0 Å². The van der Waals surface area contributed by atoms with Gasteiger partial charge in [0.1, 0.15) is 0 Å². The molecule has 20 heavy (non-hydrogen) atoms. The largest absolute Gasteiger partial charge is 0.398 e. The van der Waals surface area contributed by atoms with Gasteiger partial charge in [-0.1, -0.05) is 48.0 Å². The van der Waals surface area contributed by atoms with Crippen molar-refractivity contribution in [2.24, 2.45) is 5.73 Å². The first kappa shape index (κ1) is 12.7. The molecule has 3 heteroatoms. The molecule has 0 amide bonds. The van der Waals surface area contributed by atoms with Crippen LogP contribution in [-0.2, 0) is 0 Å². The molecular weight excluding hydrogens is 268 g/mol. The van der Waals surface area contributed by atoms with Crippen molar-refractivity contribution in [2.75, 3.05) is 0 Å². The molecule has 98 valence electrons. The van der Waals surface area contributed by atoms with Crippen molar-refractivity contribution < 1.29 is 0 Å². The van der Waals surface area contributed by atoms with Crippen LogP contribution in [0.25, 0.3) is 22.7 Å². The molecular formula is C17H13ClN2. The van der Waals surface area contributed by atoms with Crippen LogP contribution >= 0.6 is 11.6 Å². The van der Waals surface area contributed by atoms with E-state index in [4.69, 9.17) is 17.3 Å². The number of pyridine rings is 1. The number of nitrogens with two attached hydrogens (primary N) is 1. The number of halogens is 1. The van der Waals surface area contributed by atoms with Crippen molar-refractivity contribution in [1.29, 1.82) is 0 Å². The molecule has 0 fully saturated rings. The van der Waals surface area contributed by atoms with Crippen LogP contribution < -0.4 is 5.73 Å². The fourth-order valence-corrected chi connectivity index (χ4v) is 2.17. The summed E-state index contributed by atoms with van der Waals surface area (Å²) in [5.74, 6) is 0. The Morgan fingerprint density at radius 1 is 0.950 bits per heavy atom. The van der Waals surface area contributed by atoms with Crippen LogP contribution in [0.2, 0.25) is 5.02 Å². The fourth-order valence-electron chi connectivity index (χ4n) is 2.05. The third-order valence-corrected chi connectivity index (χ3v) is 3.35. The Balaban J connectivity index is 1.98. The van der Waals surface area contributed by atoms with Gasteiger partial charge in [-0.15, -0.1) is 0 Å². The maximum atomic E-state index is 6.10. The van der Waals surface area contributed by atoms with Gasteiger partial charge < -0.3 is 5.73 Å². The number of nitrogens with zero attached hydrogens (tertiary/aromatic N) is 1. The molecule has 2 aromatic carbocycles. The number of aromatic nitrogens is 1. The van der Waals surface area contributed by atoms with Gasteiger partial charge >= 0.3 is 0 Å². The summed E-state index contributed by atoms with van der Waals surface area (Å²) in [5, 5.41) is 1.82. The number of hydrogen-bond acceptors (Lipinski definition) is 2. The first-order chi connectivity index (χ1) is 9.72. The van der Waals surface area contributed by atoms with E-state index in [1.54, 1.807) is 0 Å². The minimum atomic E-state index is 0.671. The van der Waals surface area contributed by atoms with Crippen molar-refractivity contribution in [3.8, 4) is 0 Å². The Morgan fingerprint density at radius 3 is 2.50 bits per heavy atom. The maximum Gasteiger partial charge on any atom is 0.0709 e. The number of rotatable bonds is 2. The standard InChI is InChI=1S/C17H13ClN2/c18-14-8-5-12(6-9-14)16(19)11-15-10-7-13-3-1-2-4-17(13)20-15/h1-11H,19H2/b16-11+. The Labute approximate surface area is 122 Å². The molecule has 0 saturated carbocycles. The molecule has 0 aliphatic carbocycles. The van der Waals surface area contributed by atoms with E-state index in [0.29, 0.717) is 10.7 Å². The molecule has 0 aliphatic rings. The number of fused-ring (bicyclic) bond motifs is 1. The van der Waals surface area contributed by atoms with E-state index in [-0.39, 0.29) is 0 Å². The minimum absolute atomic E-state index is 0.671. The summed E-state index contributed by atoms with van der Waals surface area (Å²) in [4.78, 5) is 4.58. The molecule has 0 saturated heterocycles. The molecule has 3 rings (SSSR count). The monoisotopic (exact) mass is 280 g/mol. The summed E-state index contributed by atoms with van der Waals surface area (Å²) in [6.45, 7) is 0. The van der Waals surface area contributed by atoms with Crippen molar-refractivity contribution in [3.05, 3.63) is 76.9 Å². The summed E-state index contributed by atoms with van der Waals surface area (Å²) in [6, 6.07) is 19.5. The maximum absolute atomic E-state index is 6.10. The molecule has 3 aromatic rings. The normalized spacial score (nSPS) is 11.8. The van der Waals surface area contributed by atoms with Crippen LogP contribution in [0.5, 0.6) is 0 Å². The first-order valence-corrected chi connectivity index (χ1v) is 6.69. The smallest absolute Gasteiger partial charge is 0.0709 e. The van der Waals surface area contributed by atoms with Gasteiger partial charge in [0, 0.05) is 16.1 Å². The fraction of sp³-hybridized carbons (Fsp3) is 0. The lowest BCUT2D eigenvalue weighted by Gasteiger charge is -2.03. The van der Waals surface area contributed by atoms with Gasteiger partial charge in [0.25, 0.3) is 0 Å². The zero-order chi connectivity index (χ0) is 13.9. The lowest BCUT2D eigenvalue weighted by atomic mass is 10.1. The van der Waals surface area contributed by atoms with Crippen LogP contribution in [0.4, 0.5) is 0 Å². The van der Waals surface area contributed by atoms with Crippen LogP contribution in [0.1, 0.15) is 11.3 Å². The van der Waals surface area contributed by atoms with Gasteiger partial charge in [-0.2, -0.15) is 0 Å². The summed E-state index contributed by atoms with van der Waals surface area (Å²) < 4.78 is 0. The number of hydrogen-bond donors (Lipinski definition) is 1. The molecule has 0 atom stereocenters. The molecule has 0 unspecified atom stereocenters. The van der Waals surface area contributed by atoms with E-state index in [9.17, 15) is 0 Å². The van der Waals surface area contributed by atoms with Gasteiger partial charge in [-0.25, -0.2) is 4.98 Å². The zero-order valence-corrected chi connectivity index (χ0v) is 11.5. The van der Waals surface area contributed by atoms with Crippen LogP contribution in [0.3, 0.4) is 0 Å². The van der Waals surface area contributed by atoms with Gasteiger partial charge in [0.05, 0.1) is 11.2 Å².